The van der Waals surface area contributed by atoms with Crippen molar-refractivity contribution in [3.8, 4) is 0 Å². The lowest BCUT2D eigenvalue weighted by molar-refractivity contribution is 0.617. The van der Waals surface area contributed by atoms with Crippen LogP contribution in [0.1, 0.15) is 18.2 Å². The van der Waals surface area contributed by atoms with E-state index in [0.29, 0.717) is 6.54 Å². The van der Waals surface area contributed by atoms with Crippen molar-refractivity contribution in [2.45, 2.75) is 25.9 Å². The van der Waals surface area contributed by atoms with Gasteiger partial charge in [-0.2, -0.15) is 5.10 Å². The molecule has 0 aliphatic rings. The van der Waals surface area contributed by atoms with Crippen molar-refractivity contribution in [2.24, 2.45) is 5.73 Å². The molecule has 1 atom stereocenters. The highest BCUT2D eigenvalue weighted by Gasteiger charge is 2.02. The van der Waals surface area contributed by atoms with Gasteiger partial charge in [0.05, 0.1) is 24.6 Å². The molecular formula is C12H15FN4. The Balaban J connectivity index is 2.03. The van der Waals surface area contributed by atoms with E-state index < -0.39 is 0 Å². The summed E-state index contributed by atoms with van der Waals surface area (Å²) in [6, 6.07) is 4.03. The first kappa shape index (κ1) is 11.7. The van der Waals surface area contributed by atoms with E-state index in [0.717, 1.165) is 17.7 Å². The summed E-state index contributed by atoms with van der Waals surface area (Å²) in [7, 11) is 0. The minimum Gasteiger partial charge on any atom is -0.328 e. The summed E-state index contributed by atoms with van der Waals surface area (Å²) >= 11 is 0. The lowest BCUT2D eigenvalue weighted by Gasteiger charge is -2.06. The Bertz CT molecular complexity index is 476. The van der Waals surface area contributed by atoms with Crippen molar-refractivity contribution in [1.82, 2.24) is 14.8 Å². The van der Waals surface area contributed by atoms with Gasteiger partial charge >= 0.3 is 0 Å². The quantitative estimate of drug-likeness (QED) is 0.868. The van der Waals surface area contributed by atoms with Crippen molar-refractivity contribution in [1.29, 1.82) is 0 Å². The summed E-state index contributed by atoms with van der Waals surface area (Å²) < 4.78 is 14.2. The molecule has 0 aliphatic heterocycles. The van der Waals surface area contributed by atoms with Gasteiger partial charge in [0.15, 0.2) is 5.82 Å². The predicted molar refractivity (Wildman–Crippen MR) is 62.9 cm³/mol. The lowest BCUT2D eigenvalue weighted by atomic mass is 10.1. The van der Waals surface area contributed by atoms with E-state index in [-0.39, 0.29) is 11.9 Å². The van der Waals surface area contributed by atoms with Crippen LogP contribution in [0.4, 0.5) is 4.39 Å². The summed E-state index contributed by atoms with van der Waals surface area (Å²) in [5.41, 5.74) is 7.66. The molecule has 0 bridgehead atoms. The fraction of sp³-hybridized carbons (Fsp3) is 0.333. The molecule has 0 unspecified atom stereocenters. The number of halogens is 1. The third kappa shape index (κ3) is 3.35. The second kappa shape index (κ2) is 5.05. The van der Waals surface area contributed by atoms with Crippen molar-refractivity contribution in [3.05, 3.63) is 47.8 Å². The van der Waals surface area contributed by atoms with Gasteiger partial charge in [-0.25, -0.2) is 4.39 Å². The highest BCUT2D eigenvalue weighted by molar-refractivity contribution is 5.15. The van der Waals surface area contributed by atoms with Gasteiger partial charge in [-0.05, 0) is 25.0 Å². The number of nitrogens with two attached hydrogens (primary N) is 1. The van der Waals surface area contributed by atoms with Crippen LogP contribution >= 0.6 is 0 Å². The Morgan fingerprint density at radius 1 is 1.41 bits per heavy atom. The van der Waals surface area contributed by atoms with Crippen LogP contribution in [0.15, 0.2) is 30.7 Å². The molecule has 4 nitrogen and oxygen atoms in total. The first-order chi connectivity index (χ1) is 8.13. The van der Waals surface area contributed by atoms with Crippen LogP contribution in [0.3, 0.4) is 0 Å². The lowest BCUT2D eigenvalue weighted by Crippen LogP contribution is -2.17. The van der Waals surface area contributed by atoms with Gasteiger partial charge in [0, 0.05) is 12.2 Å². The number of hydrogen-bond acceptors (Lipinski definition) is 3. The Morgan fingerprint density at radius 2 is 2.24 bits per heavy atom. The molecule has 0 saturated carbocycles. The molecule has 2 aromatic heterocycles. The van der Waals surface area contributed by atoms with Gasteiger partial charge in [0.25, 0.3) is 0 Å². The molecule has 2 N–H and O–H groups in total. The van der Waals surface area contributed by atoms with Gasteiger partial charge in [-0.1, -0.05) is 6.07 Å². The van der Waals surface area contributed by atoms with Gasteiger partial charge < -0.3 is 5.73 Å². The number of hydrogen-bond donors (Lipinski definition) is 1. The number of nitrogens with zero attached hydrogens (tertiary/aromatic N) is 3. The van der Waals surface area contributed by atoms with Crippen LogP contribution in [0, 0.1) is 5.82 Å². The number of pyridine rings is 1. The summed E-state index contributed by atoms with van der Waals surface area (Å²) in [4.78, 5) is 4.30. The highest BCUT2D eigenvalue weighted by atomic mass is 19.1. The minimum absolute atomic E-state index is 0.128. The Kier molecular flexibility index (Phi) is 3.49. The van der Waals surface area contributed by atoms with Crippen LogP contribution in [0.25, 0.3) is 0 Å². The third-order valence-corrected chi connectivity index (χ3v) is 2.37. The van der Waals surface area contributed by atoms with Gasteiger partial charge in [-0.15, -0.1) is 0 Å². The standard InChI is InChI=1S/C12H15FN4/c1-9(14)4-10-2-3-12(15-5-10)8-17-7-11(13)6-16-17/h2-3,5-7,9H,4,8,14H2,1H3/t9-/m0/s1. The first-order valence-corrected chi connectivity index (χ1v) is 5.51. The van der Waals surface area contributed by atoms with E-state index in [1.54, 1.807) is 6.20 Å². The molecule has 90 valence electrons. The van der Waals surface area contributed by atoms with Crippen LogP contribution in [0.2, 0.25) is 0 Å². The molecular weight excluding hydrogens is 219 g/mol. The zero-order valence-electron chi connectivity index (χ0n) is 9.68. The monoisotopic (exact) mass is 234 g/mol. The van der Waals surface area contributed by atoms with E-state index >= 15 is 0 Å². The predicted octanol–water partition coefficient (Wildman–Crippen LogP) is 1.36. The maximum Gasteiger partial charge on any atom is 0.161 e. The van der Waals surface area contributed by atoms with Crippen LogP contribution < -0.4 is 5.73 Å². The third-order valence-electron chi connectivity index (χ3n) is 2.37. The summed E-state index contributed by atoms with van der Waals surface area (Å²) in [5.74, 6) is -0.335. The molecule has 2 aromatic rings. The molecule has 2 heterocycles. The number of rotatable bonds is 4. The van der Waals surface area contributed by atoms with Gasteiger partial charge in [-0.3, -0.25) is 9.67 Å². The first-order valence-electron chi connectivity index (χ1n) is 5.51. The largest absolute Gasteiger partial charge is 0.328 e. The Morgan fingerprint density at radius 3 is 2.76 bits per heavy atom. The highest BCUT2D eigenvalue weighted by Crippen LogP contribution is 2.05. The Hall–Kier alpha value is -1.75. The van der Waals surface area contributed by atoms with E-state index in [2.05, 4.69) is 10.1 Å². The molecule has 5 heteroatoms. The second-order valence-corrected chi connectivity index (χ2v) is 4.20. The van der Waals surface area contributed by atoms with Crippen LogP contribution in [-0.4, -0.2) is 20.8 Å². The summed E-state index contributed by atoms with van der Waals surface area (Å²) in [6.07, 6.45) is 5.14. The van der Waals surface area contributed by atoms with E-state index in [4.69, 9.17) is 5.73 Å². The smallest absolute Gasteiger partial charge is 0.161 e. The summed E-state index contributed by atoms with van der Waals surface area (Å²) in [5, 5.41) is 3.86. The fourth-order valence-electron chi connectivity index (χ4n) is 1.63. The fourth-order valence-corrected chi connectivity index (χ4v) is 1.63. The zero-order chi connectivity index (χ0) is 12.3. The topological polar surface area (TPSA) is 56.7 Å². The molecule has 0 spiro atoms. The van der Waals surface area contributed by atoms with E-state index in [1.165, 1.54) is 17.1 Å². The average Bonchev–Trinajstić information content (AvgIpc) is 2.66. The van der Waals surface area contributed by atoms with Crippen LogP contribution in [-0.2, 0) is 13.0 Å². The van der Waals surface area contributed by atoms with Crippen molar-refractivity contribution in [2.75, 3.05) is 0 Å². The zero-order valence-corrected chi connectivity index (χ0v) is 9.68. The SMILES string of the molecule is C[C@H](N)Cc1ccc(Cn2cc(F)cn2)nc1. The molecule has 17 heavy (non-hydrogen) atoms. The molecule has 0 saturated heterocycles. The van der Waals surface area contributed by atoms with Crippen molar-refractivity contribution >= 4 is 0 Å². The minimum atomic E-state index is -0.335. The molecule has 0 aromatic carbocycles. The number of aromatic nitrogens is 3. The van der Waals surface area contributed by atoms with E-state index in [9.17, 15) is 4.39 Å². The second-order valence-electron chi connectivity index (χ2n) is 4.20. The average molecular weight is 234 g/mol. The Labute approximate surface area is 99.3 Å². The molecule has 0 radical (unpaired) electrons. The summed E-state index contributed by atoms with van der Waals surface area (Å²) in [6.45, 7) is 2.43. The molecule has 0 fully saturated rings. The molecule has 0 amide bonds. The normalized spacial score (nSPS) is 12.6. The van der Waals surface area contributed by atoms with E-state index in [1.807, 2.05) is 19.1 Å². The van der Waals surface area contributed by atoms with Gasteiger partial charge in [0.1, 0.15) is 0 Å². The maximum atomic E-state index is 12.7. The van der Waals surface area contributed by atoms with Crippen LogP contribution in [0.5, 0.6) is 0 Å². The van der Waals surface area contributed by atoms with Crippen molar-refractivity contribution in [3.63, 3.8) is 0 Å². The van der Waals surface area contributed by atoms with Crippen molar-refractivity contribution < 1.29 is 4.39 Å². The molecule has 0 aliphatic carbocycles. The van der Waals surface area contributed by atoms with Gasteiger partial charge in [0.2, 0.25) is 0 Å². The maximum absolute atomic E-state index is 12.7. The molecule has 2 rings (SSSR count).